The molecular formula is C18H14F4N4O2. The Bertz CT molecular complexity index is 955. The number of benzene rings is 1. The summed E-state index contributed by atoms with van der Waals surface area (Å²) in [6, 6.07) is 3.10. The molecule has 0 saturated heterocycles. The van der Waals surface area contributed by atoms with Gasteiger partial charge in [-0.05, 0) is 36.6 Å². The lowest BCUT2D eigenvalue weighted by atomic mass is 9.85. The highest BCUT2D eigenvalue weighted by Gasteiger charge is 2.52. The van der Waals surface area contributed by atoms with Crippen LogP contribution in [0.3, 0.4) is 0 Å². The Labute approximate surface area is 156 Å². The fourth-order valence-electron chi connectivity index (χ4n) is 3.46. The number of amides is 2. The molecule has 1 aliphatic carbocycles. The van der Waals surface area contributed by atoms with Crippen LogP contribution >= 0.6 is 0 Å². The van der Waals surface area contributed by atoms with Gasteiger partial charge in [-0.25, -0.2) is 14.4 Å². The molecule has 2 aliphatic rings. The second-order valence-corrected chi connectivity index (χ2v) is 6.97. The maximum Gasteiger partial charge on any atom is 0.416 e. The Morgan fingerprint density at radius 3 is 2.50 bits per heavy atom. The van der Waals surface area contributed by atoms with Crippen LogP contribution in [-0.4, -0.2) is 39.8 Å². The van der Waals surface area contributed by atoms with Gasteiger partial charge in [0.05, 0.1) is 18.0 Å². The van der Waals surface area contributed by atoms with E-state index in [1.807, 2.05) is 0 Å². The van der Waals surface area contributed by atoms with Crippen molar-refractivity contribution < 1.29 is 27.2 Å². The SMILES string of the molecule is O=C(CN1CC2(CC2)c2cc(C(F)(F)F)ccc2C1=O)Nc1ncc(F)cn1. The fourth-order valence-corrected chi connectivity index (χ4v) is 3.46. The van der Waals surface area contributed by atoms with Crippen LogP contribution in [0.5, 0.6) is 0 Å². The van der Waals surface area contributed by atoms with Gasteiger partial charge in [-0.1, -0.05) is 0 Å². The van der Waals surface area contributed by atoms with E-state index in [0.29, 0.717) is 18.4 Å². The number of rotatable bonds is 3. The average molecular weight is 394 g/mol. The number of hydrogen-bond acceptors (Lipinski definition) is 4. The summed E-state index contributed by atoms with van der Waals surface area (Å²) in [7, 11) is 0. The molecule has 1 aromatic heterocycles. The molecule has 2 aromatic rings. The number of nitrogens with one attached hydrogen (secondary N) is 1. The van der Waals surface area contributed by atoms with E-state index in [4.69, 9.17) is 0 Å². The molecule has 10 heteroatoms. The van der Waals surface area contributed by atoms with Crippen LogP contribution in [0.2, 0.25) is 0 Å². The Morgan fingerprint density at radius 2 is 1.89 bits per heavy atom. The minimum absolute atomic E-state index is 0.104. The number of aromatic nitrogens is 2. The van der Waals surface area contributed by atoms with E-state index in [1.54, 1.807) is 0 Å². The molecule has 1 saturated carbocycles. The predicted octanol–water partition coefficient (Wildman–Crippen LogP) is 2.76. The molecule has 2 amide bonds. The van der Waals surface area contributed by atoms with Crippen molar-refractivity contribution in [2.45, 2.75) is 24.4 Å². The van der Waals surface area contributed by atoms with Gasteiger partial charge in [0, 0.05) is 17.5 Å². The van der Waals surface area contributed by atoms with E-state index in [9.17, 15) is 27.2 Å². The summed E-state index contributed by atoms with van der Waals surface area (Å²) in [5.41, 5.74) is -0.754. The van der Waals surface area contributed by atoms with Crippen LogP contribution in [-0.2, 0) is 16.4 Å². The van der Waals surface area contributed by atoms with Gasteiger partial charge in [0.1, 0.15) is 6.54 Å². The van der Waals surface area contributed by atoms with Crippen LogP contribution in [0.25, 0.3) is 0 Å². The monoisotopic (exact) mass is 394 g/mol. The van der Waals surface area contributed by atoms with Crippen LogP contribution in [0.15, 0.2) is 30.6 Å². The van der Waals surface area contributed by atoms with Crippen LogP contribution in [0.1, 0.15) is 34.3 Å². The number of halogens is 4. The van der Waals surface area contributed by atoms with Gasteiger partial charge in [-0.3, -0.25) is 14.9 Å². The van der Waals surface area contributed by atoms with E-state index in [-0.39, 0.29) is 24.6 Å². The zero-order valence-corrected chi connectivity index (χ0v) is 14.4. The van der Waals surface area contributed by atoms with Crippen LogP contribution in [0, 0.1) is 5.82 Å². The average Bonchev–Trinajstić information content (AvgIpc) is 3.41. The molecule has 1 N–H and O–H groups in total. The first kappa shape index (κ1) is 18.3. The maximum atomic E-state index is 13.0. The lowest BCUT2D eigenvalue weighted by Gasteiger charge is -2.34. The van der Waals surface area contributed by atoms with E-state index < -0.39 is 34.8 Å². The van der Waals surface area contributed by atoms with Crippen molar-refractivity contribution in [2.75, 3.05) is 18.4 Å². The van der Waals surface area contributed by atoms with E-state index in [0.717, 1.165) is 24.5 Å². The van der Waals surface area contributed by atoms with Crippen molar-refractivity contribution in [3.05, 3.63) is 53.1 Å². The number of anilines is 1. The Hall–Kier alpha value is -3.04. The standard InChI is InChI=1S/C18H14F4N4O2/c19-11-6-23-16(24-7-11)25-14(27)8-26-9-17(3-4-17)13-5-10(18(20,21)22)1-2-12(13)15(26)28/h1-2,5-7H,3-4,8-9H2,(H,23,24,25,27). The Balaban J connectivity index is 1.54. The molecule has 1 aromatic carbocycles. The maximum absolute atomic E-state index is 13.0. The van der Waals surface area contributed by atoms with Crippen molar-refractivity contribution in [3.8, 4) is 0 Å². The smallest absolute Gasteiger partial charge is 0.328 e. The molecule has 0 radical (unpaired) electrons. The number of alkyl halides is 3. The highest BCUT2D eigenvalue weighted by molar-refractivity contribution is 6.01. The van der Waals surface area contributed by atoms with Crippen molar-refractivity contribution >= 4 is 17.8 Å². The van der Waals surface area contributed by atoms with Gasteiger partial charge in [0.2, 0.25) is 11.9 Å². The summed E-state index contributed by atoms with van der Waals surface area (Å²) >= 11 is 0. The van der Waals surface area contributed by atoms with Gasteiger partial charge in [0.15, 0.2) is 5.82 Å². The van der Waals surface area contributed by atoms with Crippen molar-refractivity contribution in [2.24, 2.45) is 0 Å². The van der Waals surface area contributed by atoms with Gasteiger partial charge in [-0.2, -0.15) is 13.2 Å². The first-order chi connectivity index (χ1) is 13.2. The molecule has 4 rings (SSSR count). The number of carbonyl (C=O) groups excluding carboxylic acids is 2. The van der Waals surface area contributed by atoms with Crippen LogP contribution < -0.4 is 5.32 Å². The van der Waals surface area contributed by atoms with Crippen molar-refractivity contribution in [1.29, 1.82) is 0 Å². The van der Waals surface area contributed by atoms with Crippen LogP contribution in [0.4, 0.5) is 23.5 Å². The molecule has 0 atom stereocenters. The number of carbonyl (C=O) groups is 2. The van der Waals surface area contributed by atoms with Gasteiger partial charge < -0.3 is 4.90 Å². The summed E-state index contributed by atoms with van der Waals surface area (Å²) in [6.07, 6.45) is -1.41. The van der Waals surface area contributed by atoms with Gasteiger partial charge in [0.25, 0.3) is 5.91 Å². The second kappa shape index (κ2) is 6.25. The summed E-state index contributed by atoms with van der Waals surface area (Å²) in [4.78, 5) is 33.5. The van der Waals surface area contributed by atoms with E-state index in [1.165, 1.54) is 11.0 Å². The topological polar surface area (TPSA) is 75.2 Å². The summed E-state index contributed by atoms with van der Waals surface area (Å²) in [5, 5.41) is 2.37. The number of hydrogen-bond donors (Lipinski definition) is 1. The zero-order chi connectivity index (χ0) is 20.1. The minimum Gasteiger partial charge on any atom is -0.328 e. The largest absolute Gasteiger partial charge is 0.416 e. The summed E-state index contributed by atoms with van der Waals surface area (Å²) in [6.45, 7) is -0.139. The van der Waals surface area contributed by atoms with Crippen molar-refractivity contribution in [1.82, 2.24) is 14.9 Å². The zero-order valence-electron chi connectivity index (χ0n) is 14.4. The second-order valence-electron chi connectivity index (χ2n) is 6.97. The Morgan fingerprint density at radius 1 is 1.21 bits per heavy atom. The highest BCUT2D eigenvalue weighted by Crippen LogP contribution is 2.53. The number of fused-ring (bicyclic) bond motifs is 2. The first-order valence-corrected chi connectivity index (χ1v) is 8.46. The minimum atomic E-state index is -4.49. The quantitative estimate of drug-likeness (QED) is 0.813. The molecule has 1 spiro atoms. The third-order valence-corrected chi connectivity index (χ3v) is 4.99. The van der Waals surface area contributed by atoms with Gasteiger partial charge in [-0.15, -0.1) is 0 Å². The third-order valence-electron chi connectivity index (χ3n) is 4.99. The Kier molecular flexibility index (Phi) is 4.09. The first-order valence-electron chi connectivity index (χ1n) is 8.46. The third kappa shape index (κ3) is 3.30. The lowest BCUT2D eigenvalue weighted by molar-refractivity contribution is -0.137. The molecular weight excluding hydrogens is 380 g/mol. The number of nitrogens with zero attached hydrogens (tertiary/aromatic N) is 3. The molecule has 1 aliphatic heterocycles. The lowest BCUT2D eigenvalue weighted by Crippen LogP contribution is -2.47. The molecule has 6 nitrogen and oxygen atoms in total. The molecule has 2 heterocycles. The molecule has 0 bridgehead atoms. The van der Waals surface area contributed by atoms with Gasteiger partial charge >= 0.3 is 6.18 Å². The van der Waals surface area contributed by atoms with E-state index >= 15 is 0 Å². The van der Waals surface area contributed by atoms with E-state index in [2.05, 4.69) is 15.3 Å². The molecule has 1 fully saturated rings. The predicted molar refractivity (Wildman–Crippen MR) is 88.9 cm³/mol. The molecule has 0 unspecified atom stereocenters. The summed E-state index contributed by atoms with van der Waals surface area (Å²) in [5.74, 6) is -1.84. The molecule has 28 heavy (non-hydrogen) atoms. The van der Waals surface area contributed by atoms with Crippen molar-refractivity contribution in [3.63, 3.8) is 0 Å². The summed E-state index contributed by atoms with van der Waals surface area (Å²) < 4.78 is 51.9. The highest BCUT2D eigenvalue weighted by atomic mass is 19.4. The fraction of sp³-hybridized carbons (Fsp3) is 0.333. The normalized spacial score (nSPS) is 17.4. The molecule has 146 valence electrons.